The Morgan fingerprint density at radius 2 is 1.49 bits per heavy atom. The van der Waals surface area contributed by atoms with Crippen LogP contribution in [0.4, 0.5) is 0 Å². The van der Waals surface area contributed by atoms with Gasteiger partial charge in [0.1, 0.15) is 24.4 Å². The van der Waals surface area contributed by atoms with E-state index >= 15 is 0 Å². The summed E-state index contributed by atoms with van der Waals surface area (Å²) >= 11 is 0. The Hall–Kier alpha value is -3.95. The smallest absolute Gasteiger partial charge is 0.249 e. The maximum atomic E-state index is 14.1. The molecule has 9 heteroatoms. The molecule has 3 aromatic rings. The van der Waals surface area contributed by atoms with Crippen molar-refractivity contribution in [3.05, 3.63) is 77.9 Å². The molecule has 3 aromatic carbocycles. The largest absolute Gasteiger partial charge is 0.497 e. The molecule has 9 nitrogen and oxygen atoms in total. The number of nitrogens with one attached hydrogen (secondary N) is 1. The first kappa shape index (κ1) is 31.6. The molecule has 0 radical (unpaired) electrons. The minimum absolute atomic E-state index is 0.191. The fraction of sp³-hybridized carbons (Fsp3) is 0.406. The van der Waals surface area contributed by atoms with Crippen LogP contribution in [0.5, 0.6) is 5.75 Å². The van der Waals surface area contributed by atoms with Gasteiger partial charge in [0.15, 0.2) is 0 Å². The molecular weight excluding hydrogens is 520 g/mol. The summed E-state index contributed by atoms with van der Waals surface area (Å²) in [4.78, 5) is 43.2. The van der Waals surface area contributed by atoms with Gasteiger partial charge in [-0.15, -0.1) is 0 Å². The Bertz CT molecular complexity index is 1340. The first-order chi connectivity index (χ1) is 19.4. The number of hydrogen-bond donors (Lipinski definition) is 2. The van der Waals surface area contributed by atoms with Gasteiger partial charge in [-0.25, -0.2) is 0 Å². The normalized spacial score (nSPS) is 12.9. The van der Waals surface area contributed by atoms with Crippen LogP contribution >= 0.6 is 0 Å². The third kappa shape index (κ3) is 8.77. The van der Waals surface area contributed by atoms with Gasteiger partial charge in [0.25, 0.3) is 0 Å². The van der Waals surface area contributed by atoms with E-state index in [0.29, 0.717) is 12.2 Å². The fourth-order valence-electron chi connectivity index (χ4n) is 4.60. The average molecular weight is 563 g/mol. The van der Waals surface area contributed by atoms with Crippen molar-refractivity contribution in [1.82, 2.24) is 15.1 Å². The molecule has 0 heterocycles. The number of fused-ring (bicyclic) bond motifs is 1. The highest BCUT2D eigenvalue weighted by Gasteiger charge is 2.35. The zero-order chi connectivity index (χ0) is 30.2. The van der Waals surface area contributed by atoms with Gasteiger partial charge in [0, 0.05) is 39.5 Å². The van der Waals surface area contributed by atoms with Crippen LogP contribution in [0, 0.1) is 0 Å². The van der Waals surface area contributed by atoms with Crippen LogP contribution in [0.2, 0.25) is 0 Å². The maximum Gasteiger partial charge on any atom is 0.249 e. The fourth-order valence-corrected chi connectivity index (χ4v) is 4.60. The molecule has 220 valence electrons. The number of nitrogens with two attached hydrogens (primary N) is 1. The number of carbonyl (C=O) groups is 3. The van der Waals surface area contributed by atoms with E-state index < -0.39 is 17.6 Å². The quantitative estimate of drug-likeness (QED) is 0.331. The summed E-state index contributed by atoms with van der Waals surface area (Å²) in [5.41, 5.74) is 7.16. The van der Waals surface area contributed by atoms with Crippen LogP contribution in [-0.2, 0) is 32.0 Å². The van der Waals surface area contributed by atoms with E-state index in [-0.39, 0.29) is 37.4 Å². The number of carbonyl (C=O) groups excluding carboxylic acids is 3. The molecule has 41 heavy (non-hydrogen) atoms. The standard InChI is InChI=1S/C32H42N4O5/c1-32(2,33)21-41-20-29(37)35(4)28(19-23-11-14-24-9-7-8-10-25(24)17-23)31(39)36(5)27(30(38)34-3)18-22-12-15-26(40-6)16-13-22/h7-17,27-28H,18-21,33H2,1-6H3,(H,34,38)/t27-,28-/m1/s1. The lowest BCUT2D eigenvalue weighted by Crippen LogP contribution is -2.56. The molecule has 3 N–H and O–H groups in total. The molecule has 0 saturated heterocycles. The first-order valence-corrected chi connectivity index (χ1v) is 13.6. The van der Waals surface area contributed by atoms with Gasteiger partial charge in [-0.3, -0.25) is 14.4 Å². The van der Waals surface area contributed by atoms with Gasteiger partial charge in [0.05, 0.1) is 13.7 Å². The molecule has 0 aliphatic heterocycles. The third-order valence-electron chi connectivity index (χ3n) is 7.04. The monoisotopic (exact) mass is 562 g/mol. The Balaban J connectivity index is 1.90. The highest BCUT2D eigenvalue weighted by Crippen LogP contribution is 2.20. The number of amides is 3. The number of ether oxygens (including phenoxy) is 2. The van der Waals surface area contributed by atoms with E-state index in [1.54, 1.807) is 28.3 Å². The van der Waals surface area contributed by atoms with Crippen molar-refractivity contribution in [3.63, 3.8) is 0 Å². The number of hydrogen-bond acceptors (Lipinski definition) is 6. The topological polar surface area (TPSA) is 114 Å². The maximum absolute atomic E-state index is 14.1. The minimum Gasteiger partial charge on any atom is -0.497 e. The second-order valence-corrected chi connectivity index (χ2v) is 11.0. The summed E-state index contributed by atoms with van der Waals surface area (Å²) in [5.74, 6) is -0.308. The van der Waals surface area contributed by atoms with Gasteiger partial charge in [-0.1, -0.05) is 54.6 Å². The van der Waals surface area contributed by atoms with Gasteiger partial charge >= 0.3 is 0 Å². The molecule has 0 bridgehead atoms. The lowest BCUT2D eigenvalue weighted by Gasteiger charge is -2.34. The molecule has 0 fully saturated rings. The van der Waals surface area contributed by atoms with E-state index in [1.165, 1.54) is 9.80 Å². The summed E-state index contributed by atoms with van der Waals surface area (Å²) in [6, 6.07) is 19.6. The molecule has 3 rings (SSSR count). The third-order valence-corrected chi connectivity index (χ3v) is 7.04. The molecular formula is C32H42N4O5. The molecule has 2 atom stereocenters. The summed E-state index contributed by atoms with van der Waals surface area (Å²) in [6.07, 6.45) is 0.558. The number of nitrogens with zero attached hydrogens (tertiary/aromatic N) is 2. The Kier molecular flexibility index (Phi) is 10.9. The lowest BCUT2D eigenvalue weighted by atomic mass is 9.98. The molecule has 0 aliphatic carbocycles. The van der Waals surface area contributed by atoms with Crippen LogP contribution in [0.25, 0.3) is 10.8 Å². The second-order valence-electron chi connectivity index (χ2n) is 11.0. The first-order valence-electron chi connectivity index (χ1n) is 13.6. The minimum atomic E-state index is -0.869. The molecule has 3 amide bonds. The predicted molar refractivity (Wildman–Crippen MR) is 161 cm³/mol. The molecule has 0 aliphatic rings. The summed E-state index contributed by atoms with van der Waals surface area (Å²) in [5, 5.41) is 4.79. The van der Waals surface area contributed by atoms with Crippen LogP contribution in [-0.4, -0.2) is 86.6 Å². The molecule has 0 aromatic heterocycles. The van der Waals surface area contributed by atoms with Crippen molar-refractivity contribution >= 4 is 28.5 Å². The number of methoxy groups -OCH3 is 1. The SMILES string of the molecule is CNC(=O)[C@@H](Cc1ccc(OC)cc1)N(C)C(=O)[C@@H](Cc1ccc2ccccc2c1)N(C)C(=O)COCC(C)(C)N. The van der Waals surface area contributed by atoms with Gasteiger partial charge < -0.3 is 30.3 Å². The van der Waals surface area contributed by atoms with Crippen molar-refractivity contribution in [3.8, 4) is 5.75 Å². The van der Waals surface area contributed by atoms with Gasteiger partial charge in [0.2, 0.25) is 17.7 Å². The number of benzene rings is 3. The predicted octanol–water partition coefficient (Wildman–Crippen LogP) is 2.79. The van der Waals surface area contributed by atoms with Crippen molar-refractivity contribution in [2.24, 2.45) is 5.73 Å². The van der Waals surface area contributed by atoms with Crippen molar-refractivity contribution in [2.75, 3.05) is 41.5 Å². The second kappa shape index (κ2) is 14.1. The Labute approximate surface area is 242 Å². The van der Waals surface area contributed by atoms with Crippen LogP contribution in [0.15, 0.2) is 66.7 Å². The van der Waals surface area contributed by atoms with E-state index in [2.05, 4.69) is 5.32 Å². The van der Waals surface area contributed by atoms with Crippen molar-refractivity contribution in [1.29, 1.82) is 0 Å². The Morgan fingerprint density at radius 3 is 2.10 bits per heavy atom. The molecule has 0 unspecified atom stereocenters. The molecule has 0 spiro atoms. The number of likely N-dealkylation sites (N-methyl/N-ethyl adjacent to an activating group) is 3. The lowest BCUT2D eigenvalue weighted by molar-refractivity contribution is -0.149. The Morgan fingerprint density at radius 1 is 0.878 bits per heavy atom. The van der Waals surface area contributed by atoms with Crippen LogP contribution < -0.4 is 15.8 Å². The van der Waals surface area contributed by atoms with Crippen LogP contribution in [0.1, 0.15) is 25.0 Å². The summed E-state index contributed by atoms with van der Waals surface area (Å²) in [6.45, 7) is 3.59. The van der Waals surface area contributed by atoms with E-state index in [9.17, 15) is 14.4 Å². The molecule has 0 saturated carbocycles. The summed E-state index contributed by atoms with van der Waals surface area (Å²) < 4.78 is 10.8. The number of rotatable bonds is 13. The zero-order valence-corrected chi connectivity index (χ0v) is 24.8. The van der Waals surface area contributed by atoms with E-state index in [4.69, 9.17) is 15.2 Å². The zero-order valence-electron chi connectivity index (χ0n) is 24.8. The van der Waals surface area contributed by atoms with Crippen molar-refractivity contribution in [2.45, 2.75) is 44.3 Å². The van der Waals surface area contributed by atoms with E-state index in [0.717, 1.165) is 21.9 Å². The van der Waals surface area contributed by atoms with Gasteiger partial charge in [-0.2, -0.15) is 0 Å². The highest BCUT2D eigenvalue weighted by molar-refractivity contribution is 5.92. The van der Waals surface area contributed by atoms with E-state index in [1.807, 2.05) is 80.6 Å². The average Bonchev–Trinajstić information content (AvgIpc) is 2.96. The highest BCUT2D eigenvalue weighted by atomic mass is 16.5. The summed E-state index contributed by atoms with van der Waals surface area (Å²) in [7, 11) is 6.32. The van der Waals surface area contributed by atoms with Crippen LogP contribution in [0.3, 0.4) is 0 Å². The van der Waals surface area contributed by atoms with Gasteiger partial charge in [-0.05, 0) is 47.9 Å². The van der Waals surface area contributed by atoms with Crippen molar-refractivity contribution < 1.29 is 23.9 Å².